The van der Waals surface area contributed by atoms with Gasteiger partial charge in [-0.3, -0.25) is 0 Å². The zero-order valence-corrected chi connectivity index (χ0v) is 14.0. The molecule has 0 aromatic heterocycles. The predicted octanol–water partition coefficient (Wildman–Crippen LogP) is 2.71. The number of piperazine rings is 1. The van der Waals surface area contributed by atoms with Crippen molar-refractivity contribution < 1.29 is 8.42 Å². The first kappa shape index (κ1) is 15.6. The second kappa shape index (κ2) is 6.05. The monoisotopic (exact) mass is 348 g/mol. The van der Waals surface area contributed by atoms with Crippen LogP contribution >= 0.6 is 23.2 Å². The summed E-state index contributed by atoms with van der Waals surface area (Å²) >= 11 is 11.8. The normalized spacial score (nSPS) is 21.6. The van der Waals surface area contributed by atoms with Gasteiger partial charge in [-0.2, -0.15) is 4.31 Å². The van der Waals surface area contributed by atoms with Crippen molar-refractivity contribution in [3.63, 3.8) is 0 Å². The molecule has 116 valence electrons. The van der Waals surface area contributed by atoms with Gasteiger partial charge < -0.3 is 4.90 Å². The van der Waals surface area contributed by atoms with Crippen molar-refractivity contribution in [2.75, 3.05) is 32.7 Å². The molecular formula is C14H18Cl2N2O2S. The first-order valence-corrected chi connectivity index (χ1v) is 9.34. The van der Waals surface area contributed by atoms with E-state index in [0.29, 0.717) is 18.1 Å². The Hall–Kier alpha value is -0.330. The molecular weight excluding hydrogens is 331 g/mol. The zero-order chi connectivity index (χ0) is 15.0. The third kappa shape index (κ3) is 3.54. The van der Waals surface area contributed by atoms with Crippen molar-refractivity contribution >= 4 is 33.2 Å². The summed E-state index contributed by atoms with van der Waals surface area (Å²) in [5, 5.41) is 0.634. The Morgan fingerprint density at radius 1 is 1.05 bits per heavy atom. The van der Waals surface area contributed by atoms with Crippen molar-refractivity contribution in [3.05, 3.63) is 28.2 Å². The lowest BCUT2D eigenvalue weighted by molar-refractivity contribution is 0.182. The van der Waals surface area contributed by atoms with Gasteiger partial charge in [0.2, 0.25) is 10.0 Å². The Bertz CT molecular complexity index is 624. The van der Waals surface area contributed by atoms with Crippen LogP contribution in [0.25, 0.3) is 0 Å². The van der Waals surface area contributed by atoms with Crippen molar-refractivity contribution in [1.29, 1.82) is 0 Å². The average molecular weight is 349 g/mol. The van der Waals surface area contributed by atoms with E-state index in [0.717, 1.165) is 25.6 Å². The van der Waals surface area contributed by atoms with Crippen molar-refractivity contribution in [3.8, 4) is 0 Å². The molecule has 1 saturated carbocycles. The summed E-state index contributed by atoms with van der Waals surface area (Å²) in [5.41, 5.74) is 0. The second-order valence-corrected chi connectivity index (χ2v) is 8.48. The van der Waals surface area contributed by atoms with Crippen LogP contribution in [0.4, 0.5) is 0 Å². The maximum atomic E-state index is 12.6. The van der Waals surface area contributed by atoms with Gasteiger partial charge in [-0.25, -0.2) is 8.42 Å². The first-order chi connectivity index (χ1) is 9.96. The maximum absolute atomic E-state index is 12.6. The maximum Gasteiger partial charge on any atom is 0.243 e. The Morgan fingerprint density at radius 2 is 1.71 bits per heavy atom. The average Bonchev–Trinajstić information content (AvgIpc) is 3.26. The molecule has 1 aliphatic heterocycles. The molecule has 1 aliphatic carbocycles. The molecule has 2 fully saturated rings. The van der Waals surface area contributed by atoms with E-state index >= 15 is 0 Å². The van der Waals surface area contributed by atoms with Gasteiger partial charge in [-0.1, -0.05) is 23.2 Å². The van der Waals surface area contributed by atoms with Gasteiger partial charge in [0.1, 0.15) is 0 Å². The van der Waals surface area contributed by atoms with Gasteiger partial charge in [-0.05, 0) is 37.0 Å². The van der Waals surface area contributed by atoms with Crippen LogP contribution in [0.2, 0.25) is 10.0 Å². The summed E-state index contributed by atoms with van der Waals surface area (Å²) in [4.78, 5) is 2.57. The van der Waals surface area contributed by atoms with Crippen LogP contribution in [0.1, 0.15) is 12.8 Å². The van der Waals surface area contributed by atoms with Crippen LogP contribution in [-0.2, 0) is 10.0 Å². The second-order valence-electron chi connectivity index (χ2n) is 5.72. The highest BCUT2D eigenvalue weighted by Gasteiger charge is 2.31. The molecule has 1 aromatic carbocycles. The molecule has 1 saturated heterocycles. The fraction of sp³-hybridized carbons (Fsp3) is 0.571. The van der Waals surface area contributed by atoms with E-state index in [2.05, 4.69) is 4.90 Å². The van der Waals surface area contributed by atoms with Crippen LogP contribution in [0.5, 0.6) is 0 Å². The van der Waals surface area contributed by atoms with Crippen LogP contribution in [-0.4, -0.2) is 50.3 Å². The molecule has 1 aromatic rings. The van der Waals surface area contributed by atoms with Crippen LogP contribution in [0, 0.1) is 5.92 Å². The minimum absolute atomic E-state index is 0.215. The van der Waals surface area contributed by atoms with Crippen LogP contribution in [0.15, 0.2) is 23.1 Å². The standard InChI is InChI=1S/C14H18Cl2N2O2S/c15-13-4-3-12(9-14(13)16)21(19,20)18-7-5-17(6-8-18)10-11-1-2-11/h3-4,9,11H,1-2,5-8,10H2. The van der Waals surface area contributed by atoms with E-state index < -0.39 is 10.0 Å². The molecule has 0 atom stereocenters. The number of hydrogen-bond donors (Lipinski definition) is 0. The summed E-state index contributed by atoms with van der Waals surface area (Å²) in [6.45, 7) is 3.79. The molecule has 4 nitrogen and oxygen atoms in total. The molecule has 1 heterocycles. The van der Waals surface area contributed by atoms with Gasteiger partial charge in [0.15, 0.2) is 0 Å². The van der Waals surface area contributed by atoms with Crippen LogP contribution in [0.3, 0.4) is 0 Å². The highest BCUT2D eigenvalue weighted by Crippen LogP contribution is 2.30. The molecule has 2 aliphatic rings. The Labute approximate surface area is 135 Å². The molecule has 0 amide bonds. The lowest BCUT2D eigenvalue weighted by Crippen LogP contribution is -2.49. The van der Waals surface area contributed by atoms with Gasteiger partial charge in [0, 0.05) is 32.7 Å². The predicted molar refractivity (Wildman–Crippen MR) is 84.4 cm³/mol. The zero-order valence-electron chi connectivity index (χ0n) is 11.6. The number of hydrogen-bond acceptors (Lipinski definition) is 3. The number of rotatable bonds is 4. The molecule has 3 rings (SSSR count). The lowest BCUT2D eigenvalue weighted by Gasteiger charge is -2.34. The quantitative estimate of drug-likeness (QED) is 0.839. The number of benzene rings is 1. The SMILES string of the molecule is O=S(=O)(c1ccc(Cl)c(Cl)c1)N1CCN(CC2CC2)CC1. The molecule has 0 unspecified atom stereocenters. The van der Waals surface area contributed by atoms with Crippen molar-refractivity contribution in [1.82, 2.24) is 9.21 Å². The third-order valence-electron chi connectivity index (χ3n) is 4.07. The number of sulfonamides is 1. The molecule has 7 heteroatoms. The van der Waals surface area contributed by atoms with E-state index in [1.165, 1.54) is 35.3 Å². The van der Waals surface area contributed by atoms with Crippen LogP contribution < -0.4 is 0 Å². The van der Waals surface area contributed by atoms with E-state index in [4.69, 9.17) is 23.2 Å². The van der Waals surface area contributed by atoms with Gasteiger partial charge in [0.05, 0.1) is 14.9 Å². The lowest BCUT2D eigenvalue weighted by atomic mass is 10.3. The smallest absolute Gasteiger partial charge is 0.243 e. The van der Waals surface area contributed by atoms with E-state index in [1.807, 2.05) is 0 Å². The number of halogens is 2. The fourth-order valence-electron chi connectivity index (χ4n) is 2.60. The molecule has 0 spiro atoms. The highest BCUT2D eigenvalue weighted by atomic mass is 35.5. The minimum Gasteiger partial charge on any atom is -0.300 e. The molecule has 21 heavy (non-hydrogen) atoms. The van der Waals surface area contributed by atoms with Gasteiger partial charge >= 0.3 is 0 Å². The molecule has 0 radical (unpaired) electrons. The topological polar surface area (TPSA) is 40.6 Å². The van der Waals surface area contributed by atoms with E-state index in [-0.39, 0.29) is 9.92 Å². The van der Waals surface area contributed by atoms with E-state index in [1.54, 1.807) is 0 Å². The Kier molecular flexibility index (Phi) is 4.48. The molecule has 0 bridgehead atoms. The van der Waals surface area contributed by atoms with E-state index in [9.17, 15) is 8.42 Å². The highest BCUT2D eigenvalue weighted by molar-refractivity contribution is 7.89. The molecule has 0 N–H and O–H groups in total. The minimum atomic E-state index is -3.47. The fourth-order valence-corrected chi connectivity index (χ4v) is 4.42. The number of nitrogens with zero attached hydrogens (tertiary/aromatic N) is 2. The summed E-state index contributed by atoms with van der Waals surface area (Å²) in [6, 6.07) is 4.47. The van der Waals surface area contributed by atoms with Gasteiger partial charge in [0.25, 0.3) is 0 Å². The summed E-state index contributed by atoms with van der Waals surface area (Å²) in [7, 11) is -3.47. The Morgan fingerprint density at radius 3 is 2.29 bits per heavy atom. The van der Waals surface area contributed by atoms with Gasteiger partial charge in [-0.15, -0.1) is 0 Å². The summed E-state index contributed by atoms with van der Waals surface area (Å²) < 4.78 is 26.7. The van der Waals surface area contributed by atoms with Crippen molar-refractivity contribution in [2.24, 2.45) is 5.92 Å². The Balaban J connectivity index is 1.68. The first-order valence-electron chi connectivity index (χ1n) is 7.14. The summed E-state index contributed by atoms with van der Waals surface area (Å²) in [6.07, 6.45) is 2.64. The summed E-state index contributed by atoms with van der Waals surface area (Å²) in [5.74, 6) is 0.836. The largest absolute Gasteiger partial charge is 0.300 e. The van der Waals surface area contributed by atoms with Crippen molar-refractivity contribution in [2.45, 2.75) is 17.7 Å². The third-order valence-corrected chi connectivity index (χ3v) is 6.71.